The van der Waals surface area contributed by atoms with Gasteiger partial charge in [-0.25, -0.2) is 18.0 Å². The molecule has 2 aromatic heterocycles. The minimum atomic E-state index is -4.41. The second-order valence-corrected chi connectivity index (χ2v) is 9.35. The quantitative estimate of drug-likeness (QED) is 0.155. The molecule has 4 rings (SSSR count). The second kappa shape index (κ2) is 12.1. The molecule has 2 heterocycles. The van der Waals surface area contributed by atoms with Gasteiger partial charge in [0.05, 0.1) is 27.9 Å². The number of likely N-dealkylation sites (N-methyl/N-ethyl adjacent to an activating group) is 1. The summed E-state index contributed by atoms with van der Waals surface area (Å²) in [6.07, 6.45) is 0. The maximum Gasteiger partial charge on any atom is 0.347 e. The lowest BCUT2D eigenvalue weighted by atomic mass is 10.2. The van der Waals surface area contributed by atoms with Gasteiger partial charge >= 0.3 is 10.8 Å². The molecule has 2 aromatic carbocycles. The van der Waals surface area contributed by atoms with Crippen LogP contribution < -0.4 is 14.2 Å². The number of aromatic nitrogens is 3. The van der Waals surface area contributed by atoms with Crippen molar-refractivity contribution >= 4 is 59.8 Å². The van der Waals surface area contributed by atoms with Gasteiger partial charge in [0.1, 0.15) is 17.0 Å². The number of hydrogen-bond acceptors (Lipinski definition) is 12. The zero-order chi connectivity index (χ0) is 26.3. The number of benzene rings is 2. The van der Waals surface area contributed by atoms with Crippen LogP contribution in [-0.4, -0.2) is 62.0 Å². The lowest BCUT2D eigenvalue weighted by Crippen LogP contribution is -2.26. The molecule has 0 saturated heterocycles. The molecule has 0 aliphatic heterocycles. The molecule has 0 atom stereocenters. The van der Waals surface area contributed by atoms with Crippen LogP contribution in [0.4, 0.5) is 16.5 Å². The number of thiazole rings is 1. The van der Waals surface area contributed by atoms with Crippen molar-refractivity contribution in [1.29, 1.82) is 0 Å². The van der Waals surface area contributed by atoms with Crippen molar-refractivity contribution in [2.45, 2.75) is 6.92 Å². The van der Waals surface area contributed by atoms with Crippen molar-refractivity contribution in [1.82, 2.24) is 9.97 Å². The molecule has 4 aromatic rings. The average Bonchev–Trinajstić information content (AvgIpc) is 3.18. The predicted molar refractivity (Wildman–Crippen MR) is 135 cm³/mol. The number of hydrogen-bond donors (Lipinski definition) is 1. The fourth-order valence-electron chi connectivity index (χ4n) is 3.18. The van der Waals surface area contributed by atoms with Gasteiger partial charge in [0.2, 0.25) is 10.4 Å². The number of azo groups is 1. The van der Waals surface area contributed by atoms with Gasteiger partial charge in [0.25, 0.3) is 0 Å². The van der Waals surface area contributed by atoms with Crippen molar-refractivity contribution in [2.75, 3.05) is 38.8 Å². The van der Waals surface area contributed by atoms with Crippen molar-refractivity contribution < 1.29 is 31.6 Å². The number of anilines is 1. The molecule has 0 radical (unpaired) electrons. The van der Waals surface area contributed by atoms with Gasteiger partial charge < -0.3 is 19.3 Å². The van der Waals surface area contributed by atoms with E-state index in [9.17, 15) is 18.1 Å². The summed E-state index contributed by atoms with van der Waals surface area (Å²) in [6, 6.07) is 13.5. The van der Waals surface area contributed by atoms with Gasteiger partial charge in [-0.1, -0.05) is 10.1 Å². The van der Waals surface area contributed by atoms with E-state index in [1.165, 1.54) is 11.3 Å². The zero-order valence-corrected chi connectivity index (χ0v) is 21.8. The van der Waals surface area contributed by atoms with E-state index in [1.807, 2.05) is 54.1 Å². The minimum Gasteiger partial charge on any atom is -0.726 e. The molecule has 12 nitrogen and oxygen atoms in total. The van der Waals surface area contributed by atoms with Gasteiger partial charge in [0, 0.05) is 30.0 Å². The summed E-state index contributed by atoms with van der Waals surface area (Å²) in [5.74, 6) is 0.748. The summed E-state index contributed by atoms with van der Waals surface area (Å²) in [5.41, 5.74) is 4.15. The van der Waals surface area contributed by atoms with Gasteiger partial charge in [-0.3, -0.25) is 4.18 Å². The number of rotatable bonds is 8. The third kappa shape index (κ3) is 6.89. The Bertz CT molecular complexity index is 1460. The Balaban J connectivity index is 0.000000538. The Hall–Kier alpha value is -3.30. The van der Waals surface area contributed by atoms with Gasteiger partial charge in [-0.2, -0.15) is 0 Å². The fraction of sp³-hybridized carbons (Fsp3) is 0.318. The van der Waals surface area contributed by atoms with Crippen LogP contribution >= 0.6 is 11.3 Å². The summed E-state index contributed by atoms with van der Waals surface area (Å²) in [7, 11) is -0.0624. The number of aryl methyl sites for hydroxylation is 1. The van der Waals surface area contributed by atoms with E-state index in [0.717, 1.165) is 52.3 Å². The van der Waals surface area contributed by atoms with Crippen molar-refractivity contribution in [3.63, 3.8) is 0 Å². The van der Waals surface area contributed by atoms with Crippen molar-refractivity contribution in [2.24, 2.45) is 17.3 Å². The molecular formula is C22H26N6O6S2. The van der Waals surface area contributed by atoms with Crippen LogP contribution in [0.15, 0.2) is 52.7 Å². The molecule has 0 spiro atoms. The first kappa shape index (κ1) is 27.3. The molecule has 14 heteroatoms. The number of methoxy groups -OCH3 is 1. The van der Waals surface area contributed by atoms with E-state index in [2.05, 4.69) is 26.2 Å². The van der Waals surface area contributed by atoms with E-state index >= 15 is 0 Å². The molecule has 0 aliphatic rings. The Morgan fingerprint density at radius 2 is 1.81 bits per heavy atom. The number of fused-ring (bicyclic) bond motifs is 2. The molecule has 1 N–H and O–H groups in total. The predicted octanol–water partition coefficient (Wildman–Crippen LogP) is 3.00. The van der Waals surface area contributed by atoms with Crippen LogP contribution in [0.1, 0.15) is 6.92 Å². The number of aliphatic hydroxyl groups is 1. The molecule has 192 valence electrons. The Morgan fingerprint density at radius 3 is 2.39 bits per heavy atom. The second-order valence-electron chi connectivity index (χ2n) is 7.25. The monoisotopic (exact) mass is 534 g/mol. The van der Waals surface area contributed by atoms with Crippen LogP contribution in [-0.2, 0) is 21.6 Å². The molecule has 0 saturated carbocycles. The van der Waals surface area contributed by atoms with E-state index in [4.69, 9.17) is 14.7 Å². The first-order valence-electron chi connectivity index (χ1n) is 10.7. The van der Waals surface area contributed by atoms with Crippen LogP contribution in [0, 0.1) is 0 Å². The van der Waals surface area contributed by atoms with Crippen LogP contribution in [0.3, 0.4) is 0 Å². The molecule has 36 heavy (non-hydrogen) atoms. The number of nitrogens with zero attached hydrogens (tertiary/aromatic N) is 6. The summed E-state index contributed by atoms with van der Waals surface area (Å²) < 4.78 is 38.2. The standard InChI is InChI=1S/C21H23N6O2S.CH4O4S/c1-4-27(11-12-28)15-7-5-14(6-8-15)24-25-21-26(2)19-20(30-21)23-17-10-9-16(29-3)13-18(17)22-19;1-5-6(2,3)4/h5-10,13,28H,4,11-12H2,1-3H3;1H3,(H,2,3,4)/q+1;/p-1. The maximum atomic E-state index is 9.22. The van der Waals surface area contributed by atoms with Gasteiger partial charge in [-0.15, -0.1) is 0 Å². The first-order valence-corrected chi connectivity index (χ1v) is 12.9. The molecular weight excluding hydrogens is 508 g/mol. The zero-order valence-electron chi connectivity index (χ0n) is 20.2. The fourth-order valence-corrected chi connectivity index (χ4v) is 4.07. The molecule has 0 bridgehead atoms. The number of aliphatic hydroxyl groups excluding tert-OH is 1. The van der Waals surface area contributed by atoms with Crippen LogP contribution in [0.5, 0.6) is 5.75 Å². The third-order valence-electron chi connectivity index (χ3n) is 5.04. The first-order chi connectivity index (χ1) is 17.2. The molecule has 0 fully saturated rings. The highest BCUT2D eigenvalue weighted by molar-refractivity contribution is 7.80. The Kier molecular flexibility index (Phi) is 9.17. The summed E-state index contributed by atoms with van der Waals surface area (Å²) >= 11 is 1.45. The SMILES string of the molecule is CCN(CCO)c1ccc(/N=N/c2sc3nc4ccc(OC)cc4nc3[n+]2C)cc1.COS(=O)(=O)[O-]. The molecule has 0 amide bonds. The van der Waals surface area contributed by atoms with Gasteiger partial charge in [0.15, 0.2) is 10.3 Å². The third-order valence-corrected chi connectivity index (χ3v) is 6.45. The summed E-state index contributed by atoms with van der Waals surface area (Å²) in [4.78, 5) is 12.3. The lowest BCUT2D eigenvalue weighted by Gasteiger charge is -2.21. The minimum absolute atomic E-state index is 0.127. The van der Waals surface area contributed by atoms with E-state index in [-0.39, 0.29) is 6.61 Å². The van der Waals surface area contributed by atoms with Crippen molar-refractivity contribution in [3.05, 3.63) is 42.5 Å². The van der Waals surface area contributed by atoms with E-state index in [1.54, 1.807) is 7.11 Å². The highest BCUT2D eigenvalue weighted by atomic mass is 32.3. The molecule has 0 unspecified atom stereocenters. The van der Waals surface area contributed by atoms with Crippen LogP contribution in [0.2, 0.25) is 0 Å². The average molecular weight is 535 g/mol. The maximum absolute atomic E-state index is 9.22. The highest BCUT2D eigenvalue weighted by Crippen LogP contribution is 2.28. The largest absolute Gasteiger partial charge is 0.726 e. The summed E-state index contributed by atoms with van der Waals surface area (Å²) in [5, 5.41) is 18.7. The highest BCUT2D eigenvalue weighted by Gasteiger charge is 2.19. The summed E-state index contributed by atoms with van der Waals surface area (Å²) in [6.45, 7) is 3.63. The number of ether oxygens (including phenoxy) is 1. The smallest absolute Gasteiger partial charge is 0.347 e. The Labute approximate surface area is 212 Å². The van der Waals surface area contributed by atoms with Crippen molar-refractivity contribution in [3.8, 4) is 5.75 Å². The Morgan fingerprint density at radius 1 is 1.11 bits per heavy atom. The normalized spacial score (nSPS) is 11.6. The lowest BCUT2D eigenvalue weighted by molar-refractivity contribution is -0.629. The van der Waals surface area contributed by atoms with E-state index in [0.29, 0.717) is 11.7 Å². The van der Waals surface area contributed by atoms with Crippen LogP contribution in [0.25, 0.3) is 21.5 Å². The molecule has 0 aliphatic carbocycles. The van der Waals surface area contributed by atoms with Gasteiger partial charge in [-0.05, 0) is 54.7 Å². The topological polar surface area (TPSA) is 154 Å². The van der Waals surface area contributed by atoms with E-state index < -0.39 is 10.4 Å².